The highest BCUT2D eigenvalue weighted by molar-refractivity contribution is 7.98. The summed E-state index contributed by atoms with van der Waals surface area (Å²) >= 11 is 3.72. The molecule has 0 saturated heterocycles. The minimum atomic E-state index is 0.329. The summed E-state index contributed by atoms with van der Waals surface area (Å²) in [6.45, 7) is 4.10. The van der Waals surface area contributed by atoms with Crippen LogP contribution in [0.25, 0.3) is 0 Å². The molecule has 0 aromatic carbocycles. The molecule has 0 amide bonds. The van der Waals surface area contributed by atoms with Gasteiger partial charge in [0.15, 0.2) is 0 Å². The number of nitrogens with two attached hydrogens (primary N) is 1. The smallest absolute Gasteiger partial charge is 0.0897 e. The van der Waals surface area contributed by atoms with Crippen LogP contribution in [0.1, 0.15) is 23.2 Å². The number of nitrogens with zero attached hydrogens (tertiary/aromatic N) is 1. The van der Waals surface area contributed by atoms with E-state index >= 15 is 0 Å². The van der Waals surface area contributed by atoms with Crippen LogP contribution in [0.3, 0.4) is 0 Å². The van der Waals surface area contributed by atoms with Gasteiger partial charge in [0.25, 0.3) is 0 Å². The molecule has 0 aliphatic heterocycles. The lowest BCUT2D eigenvalue weighted by Crippen LogP contribution is -2.15. The van der Waals surface area contributed by atoms with Gasteiger partial charge in [-0.2, -0.15) is 11.8 Å². The summed E-state index contributed by atoms with van der Waals surface area (Å²) in [5.41, 5.74) is 5.65. The molecule has 0 aliphatic carbocycles. The van der Waals surface area contributed by atoms with Gasteiger partial charge in [0.05, 0.1) is 5.01 Å². The van der Waals surface area contributed by atoms with E-state index in [1.165, 1.54) is 4.88 Å². The predicted molar refractivity (Wildman–Crippen MR) is 61.3 cm³/mol. The molecule has 0 bridgehead atoms. The molecule has 0 fully saturated rings. The molecule has 0 radical (unpaired) electrons. The summed E-state index contributed by atoms with van der Waals surface area (Å²) in [7, 11) is 0. The Balaban J connectivity index is 2.13. The fourth-order valence-electron chi connectivity index (χ4n) is 0.914. The number of hydrogen-bond acceptors (Lipinski definition) is 4. The number of rotatable bonds is 5. The molecule has 1 rings (SSSR count). The van der Waals surface area contributed by atoms with Crippen molar-refractivity contribution >= 4 is 23.1 Å². The third-order valence-electron chi connectivity index (χ3n) is 1.63. The highest BCUT2D eigenvalue weighted by Gasteiger charge is 1.99. The third-order valence-corrected chi connectivity index (χ3v) is 3.77. The molecule has 1 aromatic heterocycles. The van der Waals surface area contributed by atoms with Gasteiger partial charge in [-0.15, -0.1) is 11.3 Å². The molecule has 1 heterocycles. The van der Waals surface area contributed by atoms with Crippen molar-refractivity contribution in [2.75, 3.05) is 5.75 Å². The molecular formula is C9H16N2S2. The van der Waals surface area contributed by atoms with Crippen LogP contribution in [0.5, 0.6) is 0 Å². The number of hydrogen-bond donors (Lipinski definition) is 1. The molecule has 1 aromatic rings. The molecule has 2 nitrogen and oxygen atoms in total. The van der Waals surface area contributed by atoms with Gasteiger partial charge in [-0.3, -0.25) is 0 Å². The number of aromatic nitrogens is 1. The zero-order valence-corrected chi connectivity index (χ0v) is 9.75. The summed E-state index contributed by atoms with van der Waals surface area (Å²) in [6.07, 6.45) is 3.07. The van der Waals surface area contributed by atoms with Gasteiger partial charge >= 0.3 is 0 Å². The maximum Gasteiger partial charge on any atom is 0.0897 e. The Morgan fingerprint density at radius 1 is 1.69 bits per heavy atom. The van der Waals surface area contributed by atoms with Crippen LogP contribution in [0.15, 0.2) is 6.20 Å². The normalized spacial score (nSPS) is 13.2. The Bertz CT molecular complexity index is 246. The molecule has 4 heteroatoms. The van der Waals surface area contributed by atoms with Crippen LogP contribution < -0.4 is 5.73 Å². The van der Waals surface area contributed by atoms with E-state index in [1.807, 2.05) is 24.9 Å². The standard InChI is InChI=1S/C9H16N2S2/c1-7(10)3-4-12-6-9-5-11-8(2)13-9/h5,7H,3-4,6,10H2,1-2H3. The summed E-state index contributed by atoms with van der Waals surface area (Å²) in [5, 5.41) is 1.16. The average Bonchev–Trinajstić information content (AvgIpc) is 2.45. The molecule has 0 aliphatic rings. The first-order chi connectivity index (χ1) is 6.18. The Kier molecular flexibility index (Phi) is 4.77. The van der Waals surface area contributed by atoms with Crippen LogP contribution in [-0.2, 0) is 5.75 Å². The van der Waals surface area contributed by atoms with Crippen molar-refractivity contribution in [1.29, 1.82) is 0 Å². The van der Waals surface area contributed by atoms with Crippen LogP contribution >= 0.6 is 23.1 Å². The van der Waals surface area contributed by atoms with E-state index in [1.54, 1.807) is 11.3 Å². The Labute approximate surface area is 87.9 Å². The van der Waals surface area contributed by atoms with E-state index in [0.29, 0.717) is 6.04 Å². The lowest BCUT2D eigenvalue weighted by Gasteiger charge is -2.02. The first-order valence-electron chi connectivity index (χ1n) is 4.43. The SMILES string of the molecule is Cc1ncc(CSCCC(C)N)s1. The van der Waals surface area contributed by atoms with Crippen molar-refractivity contribution < 1.29 is 0 Å². The fourth-order valence-corrected chi connectivity index (χ4v) is 2.95. The van der Waals surface area contributed by atoms with Gasteiger partial charge in [-0.1, -0.05) is 0 Å². The van der Waals surface area contributed by atoms with E-state index in [4.69, 9.17) is 5.73 Å². The van der Waals surface area contributed by atoms with E-state index < -0.39 is 0 Å². The molecule has 0 saturated carbocycles. The van der Waals surface area contributed by atoms with Gasteiger partial charge in [-0.05, 0) is 26.0 Å². The van der Waals surface area contributed by atoms with Crippen LogP contribution in [-0.4, -0.2) is 16.8 Å². The topological polar surface area (TPSA) is 38.9 Å². The van der Waals surface area contributed by atoms with Crippen molar-refractivity contribution in [2.24, 2.45) is 5.73 Å². The first kappa shape index (κ1) is 11.0. The monoisotopic (exact) mass is 216 g/mol. The fraction of sp³-hybridized carbons (Fsp3) is 0.667. The summed E-state index contributed by atoms with van der Waals surface area (Å²) < 4.78 is 0. The van der Waals surface area contributed by atoms with E-state index in [0.717, 1.165) is 22.9 Å². The van der Waals surface area contributed by atoms with Gasteiger partial charge in [-0.25, -0.2) is 4.98 Å². The van der Waals surface area contributed by atoms with Gasteiger partial charge in [0, 0.05) is 22.9 Å². The zero-order chi connectivity index (χ0) is 9.68. The molecule has 0 spiro atoms. The Morgan fingerprint density at radius 3 is 3.00 bits per heavy atom. The lowest BCUT2D eigenvalue weighted by molar-refractivity contribution is 0.721. The summed E-state index contributed by atoms with van der Waals surface area (Å²) in [5.74, 6) is 2.23. The third kappa shape index (κ3) is 4.64. The van der Waals surface area contributed by atoms with E-state index in [2.05, 4.69) is 11.9 Å². The van der Waals surface area contributed by atoms with Gasteiger partial charge in [0.1, 0.15) is 0 Å². The van der Waals surface area contributed by atoms with Gasteiger partial charge < -0.3 is 5.73 Å². The van der Waals surface area contributed by atoms with E-state index in [-0.39, 0.29) is 0 Å². The largest absolute Gasteiger partial charge is 0.328 e. The van der Waals surface area contributed by atoms with Crippen molar-refractivity contribution in [3.63, 3.8) is 0 Å². The minimum absolute atomic E-state index is 0.329. The van der Waals surface area contributed by atoms with E-state index in [9.17, 15) is 0 Å². The van der Waals surface area contributed by atoms with Gasteiger partial charge in [0.2, 0.25) is 0 Å². The minimum Gasteiger partial charge on any atom is -0.328 e. The number of thioether (sulfide) groups is 1. The Hall–Kier alpha value is -0.0600. The highest BCUT2D eigenvalue weighted by Crippen LogP contribution is 2.19. The van der Waals surface area contributed by atoms with Crippen molar-refractivity contribution in [2.45, 2.75) is 32.1 Å². The van der Waals surface area contributed by atoms with Crippen LogP contribution in [0, 0.1) is 6.92 Å². The zero-order valence-electron chi connectivity index (χ0n) is 8.12. The quantitative estimate of drug-likeness (QED) is 0.768. The first-order valence-corrected chi connectivity index (χ1v) is 6.40. The maximum absolute atomic E-state index is 5.65. The number of aryl methyl sites for hydroxylation is 1. The second-order valence-electron chi connectivity index (χ2n) is 3.16. The number of thiazole rings is 1. The average molecular weight is 216 g/mol. The molecule has 1 atom stereocenters. The second kappa shape index (κ2) is 5.62. The van der Waals surface area contributed by atoms with Crippen LogP contribution in [0.2, 0.25) is 0 Å². The van der Waals surface area contributed by atoms with Crippen LogP contribution in [0.4, 0.5) is 0 Å². The molecule has 1 unspecified atom stereocenters. The highest BCUT2D eigenvalue weighted by atomic mass is 32.2. The molecule has 74 valence electrons. The van der Waals surface area contributed by atoms with Crippen molar-refractivity contribution in [1.82, 2.24) is 4.98 Å². The summed E-state index contributed by atoms with van der Waals surface area (Å²) in [4.78, 5) is 5.58. The molecule has 2 N–H and O–H groups in total. The predicted octanol–water partition coefficient (Wildman–Crippen LogP) is 2.42. The maximum atomic E-state index is 5.65. The molecule has 13 heavy (non-hydrogen) atoms. The lowest BCUT2D eigenvalue weighted by atomic mass is 10.3. The molecular weight excluding hydrogens is 200 g/mol. The Morgan fingerprint density at radius 2 is 2.46 bits per heavy atom. The summed E-state index contributed by atoms with van der Waals surface area (Å²) in [6, 6.07) is 0.329. The van der Waals surface area contributed by atoms with Crippen molar-refractivity contribution in [3.05, 3.63) is 16.1 Å². The second-order valence-corrected chi connectivity index (χ2v) is 5.59. The van der Waals surface area contributed by atoms with Crippen molar-refractivity contribution in [3.8, 4) is 0 Å².